The molecule has 0 unspecified atom stereocenters. The highest BCUT2D eigenvalue weighted by Gasteiger charge is 2.14. The van der Waals surface area contributed by atoms with Crippen LogP contribution < -0.4 is 10.1 Å². The van der Waals surface area contributed by atoms with Crippen LogP contribution in [0.2, 0.25) is 4.47 Å². The molecule has 9 heteroatoms. The molecule has 0 aliphatic carbocycles. The zero-order chi connectivity index (χ0) is 16.7. The number of thiazole rings is 1. The summed E-state index contributed by atoms with van der Waals surface area (Å²) in [5.74, 6) is 0.278. The molecule has 0 saturated heterocycles. The third kappa shape index (κ3) is 5.09. The maximum Gasteiger partial charge on any atom is 0.226 e. The van der Waals surface area contributed by atoms with E-state index in [9.17, 15) is 4.79 Å². The summed E-state index contributed by atoms with van der Waals surface area (Å²) in [6.07, 6.45) is 1.74. The summed E-state index contributed by atoms with van der Waals surface area (Å²) in [5.41, 5.74) is 0.452. The van der Waals surface area contributed by atoms with Crippen LogP contribution in [0, 0.1) is 0 Å². The first-order valence-corrected chi connectivity index (χ1v) is 8.27. The fraction of sp³-hybridized carbons (Fsp3) is 0.214. The monoisotopic (exact) mass is 373 g/mol. The molecule has 1 aromatic carbocycles. The Kier molecular flexibility index (Phi) is 6.64. The van der Waals surface area contributed by atoms with Crippen molar-refractivity contribution < 1.29 is 14.7 Å². The summed E-state index contributed by atoms with van der Waals surface area (Å²) in [6, 6.07) is 6.89. The Morgan fingerprint density at radius 1 is 1.43 bits per heavy atom. The fourth-order valence-electron chi connectivity index (χ4n) is 1.71. The number of ether oxygens (including phenoxy) is 1. The molecule has 0 saturated carbocycles. The van der Waals surface area contributed by atoms with Gasteiger partial charge in [0.05, 0.1) is 10.4 Å². The van der Waals surface area contributed by atoms with Crippen LogP contribution >= 0.6 is 34.5 Å². The molecule has 0 aliphatic heterocycles. The Morgan fingerprint density at radius 3 is 2.87 bits per heavy atom. The SMILES string of the molecule is O=C(CCCl)NC(=NO)c1ccccc1OCc1cnc(Cl)s1. The van der Waals surface area contributed by atoms with E-state index < -0.39 is 0 Å². The van der Waals surface area contributed by atoms with E-state index in [-0.39, 0.29) is 30.7 Å². The van der Waals surface area contributed by atoms with E-state index in [0.717, 1.165) is 4.88 Å². The van der Waals surface area contributed by atoms with Crippen molar-refractivity contribution in [3.05, 3.63) is 45.4 Å². The van der Waals surface area contributed by atoms with E-state index >= 15 is 0 Å². The maximum absolute atomic E-state index is 11.6. The van der Waals surface area contributed by atoms with Crippen molar-refractivity contribution in [1.29, 1.82) is 0 Å². The molecule has 2 N–H and O–H groups in total. The molecule has 0 radical (unpaired) electrons. The molecule has 2 rings (SSSR count). The van der Waals surface area contributed by atoms with Gasteiger partial charge in [0.2, 0.25) is 5.91 Å². The molecular formula is C14H13Cl2N3O3S. The van der Waals surface area contributed by atoms with Crippen LogP contribution in [0.4, 0.5) is 0 Å². The quantitative estimate of drug-likeness (QED) is 0.267. The number of amides is 1. The smallest absolute Gasteiger partial charge is 0.226 e. The van der Waals surface area contributed by atoms with Gasteiger partial charge in [-0.1, -0.05) is 28.9 Å². The largest absolute Gasteiger partial charge is 0.487 e. The number of carbonyl (C=O) groups is 1. The van der Waals surface area contributed by atoms with Gasteiger partial charge in [-0.2, -0.15) is 0 Å². The van der Waals surface area contributed by atoms with E-state index in [1.165, 1.54) is 11.3 Å². The van der Waals surface area contributed by atoms with Crippen LogP contribution in [0.5, 0.6) is 5.75 Å². The lowest BCUT2D eigenvalue weighted by Gasteiger charge is -2.12. The number of alkyl halides is 1. The van der Waals surface area contributed by atoms with Gasteiger partial charge in [0, 0.05) is 18.5 Å². The predicted molar refractivity (Wildman–Crippen MR) is 89.7 cm³/mol. The van der Waals surface area contributed by atoms with Crippen molar-refractivity contribution >= 4 is 46.3 Å². The van der Waals surface area contributed by atoms with Crippen molar-refractivity contribution in [2.24, 2.45) is 5.16 Å². The number of oxime groups is 1. The predicted octanol–water partition coefficient (Wildman–Crippen LogP) is 3.26. The Balaban J connectivity index is 2.13. The summed E-state index contributed by atoms with van der Waals surface area (Å²) >= 11 is 12.6. The number of hydrogen-bond donors (Lipinski definition) is 2. The highest BCUT2D eigenvalue weighted by molar-refractivity contribution is 7.15. The minimum absolute atomic E-state index is 0.00180. The average Bonchev–Trinajstić information content (AvgIpc) is 2.97. The minimum atomic E-state index is -0.350. The summed E-state index contributed by atoms with van der Waals surface area (Å²) < 4.78 is 6.14. The van der Waals surface area contributed by atoms with Crippen molar-refractivity contribution in [3.63, 3.8) is 0 Å². The summed E-state index contributed by atoms with van der Waals surface area (Å²) in [6.45, 7) is 0.260. The van der Waals surface area contributed by atoms with Gasteiger partial charge in [-0.3, -0.25) is 4.79 Å². The fourth-order valence-corrected chi connectivity index (χ4v) is 2.78. The molecule has 0 aliphatic rings. The highest BCUT2D eigenvalue weighted by atomic mass is 35.5. The van der Waals surface area contributed by atoms with Gasteiger partial charge in [0.25, 0.3) is 0 Å². The van der Waals surface area contributed by atoms with Crippen LogP contribution in [-0.2, 0) is 11.4 Å². The van der Waals surface area contributed by atoms with Crippen molar-refractivity contribution in [2.45, 2.75) is 13.0 Å². The summed E-state index contributed by atoms with van der Waals surface area (Å²) in [5, 5.41) is 14.8. The lowest BCUT2D eigenvalue weighted by atomic mass is 10.2. The number of aromatic nitrogens is 1. The molecular weight excluding hydrogens is 361 g/mol. The lowest BCUT2D eigenvalue weighted by molar-refractivity contribution is -0.119. The summed E-state index contributed by atoms with van der Waals surface area (Å²) in [4.78, 5) is 16.4. The van der Waals surface area contributed by atoms with Gasteiger partial charge in [-0.05, 0) is 12.1 Å². The minimum Gasteiger partial charge on any atom is -0.487 e. The number of para-hydroxylation sites is 1. The lowest BCUT2D eigenvalue weighted by Crippen LogP contribution is -2.31. The normalized spacial score (nSPS) is 11.3. The molecule has 1 heterocycles. The number of nitrogens with zero attached hydrogens (tertiary/aromatic N) is 2. The van der Waals surface area contributed by atoms with Gasteiger partial charge in [-0.25, -0.2) is 4.98 Å². The topological polar surface area (TPSA) is 83.8 Å². The molecule has 0 spiro atoms. The molecule has 1 amide bonds. The second-order valence-electron chi connectivity index (χ2n) is 4.30. The van der Waals surface area contributed by atoms with Gasteiger partial charge in [0.1, 0.15) is 12.4 Å². The van der Waals surface area contributed by atoms with Crippen LogP contribution in [-0.4, -0.2) is 27.8 Å². The number of carbonyl (C=O) groups excluding carboxylic acids is 1. The van der Waals surface area contributed by atoms with Crippen molar-refractivity contribution in [3.8, 4) is 5.75 Å². The van der Waals surface area contributed by atoms with E-state index in [1.54, 1.807) is 30.5 Å². The van der Waals surface area contributed by atoms with Crippen molar-refractivity contribution in [2.75, 3.05) is 5.88 Å². The standard InChI is InChI=1S/C14H13Cl2N3O3S/c15-6-5-12(20)18-13(19-21)10-3-1-2-4-11(10)22-8-9-7-17-14(16)23-9/h1-4,7,21H,5-6,8H2,(H,18,19,20). The Labute approximate surface area is 146 Å². The first-order chi connectivity index (χ1) is 11.1. The van der Waals surface area contributed by atoms with Gasteiger partial charge >= 0.3 is 0 Å². The number of hydrogen-bond acceptors (Lipinski definition) is 6. The third-order valence-corrected chi connectivity index (χ3v) is 3.99. The van der Waals surface area contributed by atoms with Crippen LogP contribution in [0.25, 0.3) is 0 Å². The second-order valence-corrected chi connectivity index (χ2v) is 6.38. The first-order valence-electron chi connectivity index (χ1n) is 6.54. The Morgan fingerprint density at radius 2 is 2.22 bits per heavy atom. The molecule has 0 atom stereocenters. The molecule has 2 aromatic rings. The van der Waals surface area contributed by atoms with Crippen LogP contribution in [0.3, 0.4) is 0 Å². The molecule has 122 valence electrons. The van der Waals surface area contributed by atoms with Crippen LogP contribution in [0.15, 0.2) is 35.6 Å². The zero-order valence-corrected chi connectivity index (χ0v) is 14.2. The Hall–Kier alpha value is -1.83. The number of nitrogens with one attached hydrogen (secondary N) is 1. The number of amidine groups is 1. The van der Waals surface area contributed by atoms with E-state index in [2.05, 4.69) is 15.5 Å². The molecule has 1 aromatic heterocycles. The average molecular weight is 374 g/mol. The van der Waals surface area contributed by atoms with E-state index in [0.29, 0.717) is 15.8 Å². The number of rotatable bonds is 6. The third-order valence-electron chi connectivity index (χ3n) is 2.72. The number of halogens is 2. The Bertz CT molecular complexity index is 706. The second kappa shape index (κ2) is 8.71. The van der Waals surface area contributed by atoms with Gasteiger partial charge in [0.15, 0.2) is 10.3 Å². The first kappa shape index (κ1) is 17.5. The van der Waals surface area contributed by atoms with E-state index in [4.69, 9.17) is 33.1 Å². The number of benzene rings is 1. The van der Waals surface area contributed by atoms with Crippen molar-refractivity contribution in [1.82, 2.24) is 10.3 Å². The van der Waals surface area contributed by atoms with E-state index in [1.807, 2.05) is 0 Å². The summed E-state index contributed by atoms with van der Waals surface area (Å²) in [7, 11) is 0. The molecule has 0 fully saturated rings. The highest BCUT2D eigenvalue weighted by Crippen LogP contribution is 2.23. The molecule has 6 nitrogen and oxygen atoms in total. The van der Waals surface area contributed by atoms with Gasteiger partial charge in [-0.15, -0.1) is 22.9 Å². The zero-order valence-electron chi connectivity index (χ0n) is 11.8. The maximum atomic E-state index is 11.6. The molecule has 0 bridgehead atoms. The molecule has 23 heavy (non-hydrogen) atoms. The van der Waals surface area contributed by atoms with Crippen LogP contribution in [0.1, 0.15) is 16.9 Å². The van der Waals surface area contributed by atoms with Gasteiger partial charge < -0.3 is 15.3 Å².